The summed E-state index contributed by atoms with van der Waals surface area (Å²) in [6.07, 6.45) is 8.17. The van der Waals surface area contributed by atoms with Gasteiger partial charge in [-0.1, -0.05) is 0 Å². The van der Waals surface area contributed by atoms with Gasteiger partial charge in [0.2, 0.25) is 0 Å². The Labute approximate surface area is 271 Å². The molecule has 0 saturated heterocycles. The van der Waals surface area contributed by atoms with Gasteiger partial charge in [-0.3, -0.25) is 0 Å². The fourth-order valence-corrected chi connectivity index (χ4v) is 12.1. The van der Waals surface area contributed by atoms with Gasteiger partial charge in [0.25, 0.3) is 0 Å². The molecule has 2 aliphatic carbocycles. The number of benzene rings is 4. The van der Waals surface area contributed by atoms with Gasteiger partial charge in [-0.15, -0.1) is 0 Å². The fourth-order valence-electron chi connectivity index (χ4n) is 6.32. The van der Waals surface area contributed by atoms with E-state index in [-0.39, 0.29) is 35.6 Å². The molecule has 3 heteroatoms. The minimum Gasteiger partial charge on any atom is -1.00 e. The first kappa shape index (κ1) is 32.4. The summed E-state index contributed by atoms with van der Waals surface area (Å²) in [5, 5.41) is 0. The van der Waals surface area contributed by atoms with Crippen molar-refractivity contribution >= 4 is 3.81 Å². The van der Waals surface area contributed by atoms with E-state index in [2.05, 4.69) is 157 Å². The second-order valence-electron chi connectivity index (χ2n) is 13.4. The van der Waals surface area contributed by atoms with Gasteiger partial charge in [-0.2, -0.15) is 0 Å². The summed E-state index contributed by atoms with van der Waals surface area (Å²) in [5.74, 6) is 0. The molecule has 0 amide bonds. The van der Waals surface area contributed by atoms with Crippen molar-refractivity contribution in [2.75, 3.05) is 0 Å². The van der Waals surface area contributed by atoms with Crippen LogP contribution in [-0.4, -0.2) is 3.81 Å². The van der Waals surface area contributed by atoms with E-state index < -0.39 is 17.4 Å². The third-order valence-corrected chi connectivity index (χ3v) is 13.8. The van der Waals surface area contributed by atoms with Gasteiger partial charge in [0, 0.05) is 0 Å². The maximum atomic E-state index is 2.52. The van der Waals surface area contributed by atoms with Crippen molar-refractivity contribution in [1.29, 1.82) is 0 Å². The molecule has 0 nitrogen and oxygen atoms in total. The van der Waals surface area contributed by atoms with Gasteiger partial charge >= 0.3 is 248 Å². The zero-order valence-corrected chi connectivity index (χ0v) is 28.6. The number of halogens is 2. The monoisotopic (exact) mass is 626 g/mol. The quantitative estimate of drug-likeness (QED) is 0.300. The molecule has 4 aromatic rings. The zero-order chi connectivity index (χ0) is 28.1. The maximum absolute atomic E-state index is 2.52. The van der Waals surface area contributed by atoms with Gasteiger partial charge in [0.15, 0.2) is 0 Å². The third kappa shape index (κ3) is 6.11. The third-order valence-electron chi connectivity index (χ3n) is 8.55. The number of allylic oxidation sites excluding steroid dienone is 4. The van der Waals surface area contributed by atoms with E-state index in [1.54, 1.807) is 7.69 Å². The van der Waals surface area contributed by atoms with Crippen molar-refractivity contribution in [3.8, 4) is 11.1 Å². The van der Waals surface area contributed by atoms with Crippen LogP contribution in [0, 0.1) is 0 Å². The molecule has 0 bridgehead atoms. The Morgan fingerprint density at radius 3 is 1.45 bits per heavy atom. The van der Waals surface area contributed by atoms with Gasteiger partial charge in [-0.25, -0.2) is 0 Å². The first-order valence-corrected chi connectivity index (χ1v) is 17.1. The molecule has 0 atom stereocenters. The van der Waals surface area contributed by atoms with Crippen LogP contribution >= 0.6 is 0 Å². The van der Waals surface area contributed by atoms with E-state index in [9.17, 15) is 0 Å². The van der Waals surface area contributed by atoms with Crippen molar-refractivity contribution in [3.05, 3.63) is 153 Å². The number of hydrogen-bond donors (Lipinski definition) is 0. The fraction of sp³-hybridized carbons (Fsp3) is 0.256. The van der Waals surface area contributed by atoms with Crippen molar-refractivity contribution < 1.29 is 42.2 Å². The Morgan fingerprint density at radius 1 is 0.619 bits per heavy atom. The minimum absolute atomic E-state index is 0. The van der Waals surface area contributed by atoms with Crippen LogP contribution in [-0.2, 0) is 28.2 Å². The Bertz CT molecular complexity index is 1560. The molecule has 0 fully saturated rings. The van der Waals surface area contributed by atoms with Crippen LogP contribution in [0.25, 0.3) is 11.1 Å². The Balaban J connectivity index is 0.00000202. The average Bonchev–Trinajstić information content (AvgIpc) is 3.58. The van der Waals surface area contributed by atoms with E-state index in [0.29, 0.717) is 4.22 Å². The molecule has 0 spiro atoms. The molecule has 4 aromatic carbocycles. The molecule has 0 radical (unpaired) electrons. The van der Waals surface area contributed by atoms with Crippen LogP contribution in [0.15, 0.2) is 119 Å². The second-order valence-corrected chi connectivity index (χ2v) is 17.4. The van der Waals surface area contributed by atoms with E-state index >= 15 is 0 Å². The Kier molecular flexibility index (Phi) is 9.76. The first-order valence-electron chi connectivity index (χ1n) is 14.6. The summed E-state index contributed by atoms with van der Waals surface area (Å²) in [7, 11) is 0. The summed E-state index contributed by atoms with van der Waals surface area (Å²) >= 11 is -2.18. The molecule has 214 valence electrons. The average molecular weight is 628 g/mol. The largest absolute Gasteiger partial charge is 1.00 e. The number of rotatable bonds is 4. The number of hydrogen-bond acceptors (Lipinski definition) is 0. The predicted molar refractivity (Wildman–Crippen MR) is 169 cm³/mol. The molecule has 6 rings (SSSR count). The molecular weight excluding hydrogens is 587 g/mol. The minimum atomic E-state index is -2.18. The van der Waals surface area contributed by atoms with E-state index in [4.69, 9.17) is 0 Å². The smallest absolute Gasteiger partial charge is 1.00 e. The van der Waals surface area contributed by atoms with Gasteiger partial charge < -0.3 is 24.8 Å². The van der Waals surface area contributed by atoms with Crippen LogP contribution in [0.1, 0.15) is 85.6 Å². The Morgan fingerprint density at radius 2 is 1.07 bits per heavy atom. The number of fused-ring (bicyclic) bond motifs is 3. The molecule has 0 unspecified atom stereocenters. The molecule has 0 saturated carbocycles. The van der Waals surface area contributed by atoms with Gasteiger partial charge in [0.05, 0.1) is 0 Å². The summed E-state index contributed by atoms with van der Waals surface area (Å²) < 4.78 is 3.65. The van der Waals surface area contributed by atoms with Gasteiger partial charge in [0.1, 0.15) is 0 Å². The Hall–Kier alpha value is -2.48. The first-order chi connectivity index (χ1) is 19.1. The van der Waals surface area contributed by atoms with E-state index in [1.165, 1.54) is 44.5 Å². The van der Waals surface area contributed by atoms with E-state index in [0.717, 1.165) is 6.42 Å². The normalized spacial score (nSPS) is 13.7. The summed E-state index contributed by atoms with van der Waals surface area (Å²) in [6, 6.07) is 37.3. The van der Waals surface area contributed by atoms with Crippen molar-refractivity contribution in [3.63, 3.8) is 0 Å². The molecule has 0 heterocycles. The molecular formula is C39H40Cl2Ti. The van der Waals surface area contributed by atoms with Gasteiger partial charge in [-0.05, 0) is 0 Å². The van der Waals surface area contributed by atoms with Crippen LogP contribution in [0.5, 0.6) is 0 Å². The van der Waals surface area contributed by atoms with Crippen LogP contribution in [0.3, 0.4) is 0 Å². The standard InChI is InChI=1S/C21H25.C13H10.C5H5.2ClH.Ti/c1-20(2,3)16-9-7-14-11-15-8-10-17(21(4,5)6)13-19(15)18(14)12-16;1-3-7-12(8-4-1)11-13-9-5-2-6-10-13;1-2-4-5-3-1;;;/h7-13H,1-6H3;1-10H;1-3H,4H2;2*1H;/q;;;;;+2/p-2. The van der Waals surface area contributed by atoms with Crippen molar-refractivity contribution in [1.82, 2.24) is 0 Å². The molecule has 42 heavy (non-hydrogen) atoms. The topological polar surface area (TPSA) is 0 Å². The van der Waals surface area contributed by atoms with Crippen LogP contribution < -0.4 is 24.8 Å². The summed E-state index contributed by atoms with van der Waals surface area (Å²) in [6.45, 7) is 14.0. The molecule has 0 aromatic heterocycles. The molecule has 2 aliphatic rings. The molecule has 0 N–H and O–H groups in total. The predicted octanol–water partition coefficient (Wildman–Crippen LogP) is 4.09. The maximum Gasteiger partial charge on any atom is -1.00 e. The second kappa shape index (κ2) is 12.6. The molecule has 0 aliphatic heterocycles. The van der Waals surface area contributed by atoms with Crippen molar-refractivity contribution in [2.45, 2.75) is 63.0 Å². The van der Waals surface area contributed by atoms with Crippen molar-refractivity contribution in [2.24, 2.45) is 0 Å². The summed E-state index contributed by atoms with van der Waals surface area (Å²) in [5.41, 5.74) is 11.8. The van der Waals surface area contributed by atoms with E-state index in [1.807, 2.05) is 0 Å². The zero-order valence-electron chi connectivity index (χ0n) is 25.5. The van der Waals surface area contributed by atoms with Crippen LogP contribution in [0.4, 0.5) is 0 Å². The van der Waals surface area contributed by atoms with Crippen LogP contribution in [0.2, 0.25) is 0 Å². The summed E-state index contributed by atoms with van der Waals surface area (Å²) in [4.78, 5) is 0. The SMILES string of the molecule is CC(C)(C)c1ccc2c(c1)-c1cc(C(C)(C)C)ccc1[CH]2[Ti+2]([C]1=CC=CC1)=[C](c1ccccc1)c1ccccc1.[Cl-].[Cl-].